The molecule has 1 fully saturated rings. The molecule has 0 N–H and O–H groups in total. The summed E-state index contributed by atoms with van der Waals surface area (Å²) < 4.78 is 38.7. The van der Waals surface area contributed by atoms with Crippen molar-refractivity contribution in [1.82, 2.24) is 4.90 Å². The van der Waals surface area contributed by atoms with Crippen LogP contribution in [0.4, 0.5) is 5.69 Å². The van der Waals surface area contributed by atoms with Crippen LogP contribution in [0.2, 0.25) is 0 Å². The summed E-state index contributed by atoms with van der Waals surface area (Å²) in [5.41, 5.74) is -0.834. The number of nitro groups is 1. The van der Waals surface area contributed by atoms with Crippen molar-refractivity contribution in [1.29, 1.82) is 0 Å². The number of nitrogens with zero attached hydrogens (tertiary/aromatic N) is 2. The van der Waals surface area contributed by atoms with Gasteiger partial charge in [0.1, 0.15) is 5.56 Å². The lowest BCUT2D eigenvalue weighted by molar-refractivity contribution is -0.386. The Morgan fingerprint density at radius 3 is 2.27 bits per heavy atom. The zero-order valence-electron chi connectivity index (χ0n) is 14.8. The predicted molar refractivity (Wildman–Crippen MR) is 91.9 cm³/mol. The van der Waals surface area contributed by atoms with E-state index in [4.69, 9.17) is 14.2 Å². The lowest BCUT2D eigenvalue weighted by Gasteiger charge is -2.24. The number of methoxy groups -OCH3 is 3. The zero-order chi connectivity index (χ0) is 19.6. The number of carbonyl (C=O) groups is 1. The average Bonchev–Trinajstić information content (AvgIpc) is 2.97. The van der Waals surface area contributed by atoms with Gasteiger partial charge in [-0.3, -0.25) is 14.9 Å². The standard InChI is InChI=1S/C15H20N2O8S/c1-16(9-5-6-26(21,22)8-9)15(18)10-7-11(23-2)13(24-3)14(25-4)12(10)17(19)20/h7,9H,5-6,8H2,1-4H3. The number of carbonyl (C=O) groups excluding carboxylic acids is 1. The van der Waals surface area contributed by atoms with Gasteiger partial charge in [0.2, 0.25) is 11.5 Å². The molecule has 1 aromatic carbocycles. The van der Waals surface area contributed by atoms with Crippen molar-refractivity contribution in [2.45, 2.75) is 12.5 Å². The molecule has 1 unspecified atom stereocenters. The molecule has 0 aliphatic carbocycles. The number of hydrogen-bond acceptors (Lipinski definition) is 8. The Balaban J connectivity index is 2.57. The maximum absolute atomic E-state index is 12.9. The molecule has 1 aromatic rings. The van der Waals surface area contributed by atoms with E-state index in [0.717, 1.165) is 0 Å². The van der Waals surface area contributed by atoms with Gasteiger partial charge in [0.15, 0.2) is 15.6 Å². The molecule has 1 atom stereocenters. The van der Waals surface area contributed by atoms with E-state index in [1.165, 1.54) is 39.3 Å². The lowest BCUT2D eigenvalue weighted by atomic mass is 10.1. The fourth-order valence-corrected chi connectivity index (χ4v) is 4.70. The number of amides is 1. The van der Waals surface area contributed by atoms with E-state index < -0.39 is 32.4 Å². The molecule has 11 heteroatoms. The third-order valence-electron chi connectivity index (χ3n) is 4.29. The molecule has 10 nitrogen and oxygen atoms in total. The van der Waals surface area contributed by atoms with Gasteiger partial charge < -0.3 is 19.1 Å². The Hall–Kier alpha value is -2.56. The van der Waals surface area contributed by atoms with Crippen LogP contribution in [0.3, 0.4) is 0 Å². The molecule has 1 heterocycles. The third kappa shape index (κ3) is 3.52. The fraction of sp³-hybridized carbons (Fsp3) is 0.533. The van der Waals surface area contributed by atoms with Crippen LogP contribution >= 0.6 is 0 Å². The van der Waals surface area contributed by atoms with Gasteiger partial charge in [0, 0.05) is 19.2 Å². The van der Waals surface area contributed by atoms with Crippen LogP contribution in [0, 0.1) is 10.1 Å². The smallest absolute Gasteiger partial charge is 0.327 e. The normalized spacial score (nSPS) is 18.2. The van der Waals surface area contributed by atoms with Crippen LogP contribution in [0.15, 0.2) is 6.07 Å². The van der Waals surface area contributed by atoms with Gasteiger partial charge in [-0.1, -0.05) is 0 Å². The van der Waals surface area contributed by atoms with Crippen LogP contribution in [-0.2, 0) is 9.84 Å². The molecule has 1 aliphatic rings. The second-order valence-electron chi connectivity index (χ2n) is 5.77. The highest BCUT2D eigenvalue weighted by molar-refractivity contribution is 7.91. The molecule has 1 amide bonds. The van der Waals surface area contributed by atoms with Gasteiger partial charge in [-0.25, -0.2) is 8.42 Å². The minimum absolute atomic E-state index is 0.00986. The molecule has 0 aromatic heterocycles. The Morgan fingerprint density at radius 1 is 1.23 bits per heavy atom. The molecular weight excluding hydrogens is 368 g/mol. The summed E-state index contributed by atoms with van der Waals surface area (Å²) in [6.45, 7) is 0. The number of benzene rings is 1. The fourth-order valence-electron chi connectivity index (χ4n) is 2.92. The van der Waals surface area contributed by atoms with Gasteiger partial charge in [-0.15, -0.1) is 0 Å². The summed E-state index contributed by atoms with van der Waals surface area (Å²) >= 11 is 0. The molecule has 1 saturated heterocycles. The van der Waals surface area contributed by atoms with Crippen molar-refractivity contribution in [2.24, 2.45) is 0 Å². The summed E-state index contributed by atoms with van der Waals surface area (Å²) in [5, 5.41) is 11.6. The van der Waals surface area contributed by atoms with Crippen molar-refractivity contribution in [2.75, 3.05) is 39.9 Å². The number of hydrogen-bond donors (Lipinski definition) is 0. The minimum atomic E-state index is -3.22. The molecule has 0 radical (unpaired) electrons. The van der Waals surface area contributed by atoms with Crippen LogP contribution in [0.1, 0.15) is 16.8 Å². The number of rotatable bonds is 6. The highest BCUT2D eigenvalue weighted by Crippen LogP contribution is 2.46. The van der Waals surface area contributed by atoms with Gasteiger partial charge in [0.25, 0.3) is 5.91 Å². The summed E-state index contributed by atoms with van der Waals surface area (Å²) in [6.07, 6.45) is 0.281. The van der Waals surface area contributed by atoms with E-state index >= 15 is 0 Å². The molecule has 26 heavy (non-hydrogen) atoms. The number of sulfone groups is 1. The molecule has 2 rings (SSSR count). The Labute approximate surface area is 150 Å². The first-order chi connectivity index (χ1) is 12.2. The van der Waals surface area contributed by atoms with Crippen molar-refractivity contribution in [3.05, 3.63) is 21.7 Å². The number of ether oxygens (including phenoxy) is 3. The first-order valence-corrected chi connectivity index (χ1v) is 9.43. The monoisotopic (exact) mass is 388 g/mol. The van der Waals surface area contributed by atoms with Gasteiger partial charge in [-0.05, 0) is 6.42 Å². The molecule has 1 aliphatic heterocycles. The summed E-state index contributed by atoms with van der Waals surface area (Å²) in [7, 11) is 2.03. The molecule has 0 spiro atoms. The van der Waals surface area contributed by atoms with Gasteiger partial charge in [-0.2, -0.15) is 0 Å². The predicted octanol–water partition coefficient (Wildman–Crippen LogP) is 0.880. The van der Waals surface area contributed by atoms with Crippen LogP contribution in [0.5, 0.6) is 17.2 Å². The third-order valence-corrected chi connectivity index (χ3v) is 6.04. The van der Waals surface area contributed by atoms with E-state index in [-0.39, 0.29) is 40.7 Å². The molecule has 0 bridgehead atoms. The molecular formula is C15H20N2O8S. The average molecular weight is 388 g/mol. The van der Waals surface area contributed by atoms with E-state index in [1.54, 1.807) is 0 Å². The van der Waals surface area contributed by atoms with Crippen molar-refractivity contribution >= 4 is 21.4 Å². The Bertz CT molecular complexity index is 837. The summed E-state index contributed by atoms with van der Waals surface area (Å²) in [5.74, 6) is -1.05. The first-order valence-electron chi connectivity index (χ1n) is 7.61. The molecule has 144 valence electrons. The van der Waals surface area contributed by atoms with Crippen molar-refractivity contribution in [3.8, 4) is 17.2 Å². The van der Waals surface area contributed by atoms with Crippen LogP contribution in [0.25, 0.3) is 0 Å². The Morgan fingerprint density at radius 2 is 1.85 bits per heavy atom. The summed E-state index contributed by atoms with van der Waals surface area (Å²) in [4.78, 5) is 24.9. The van der Waals surface area contributed by atoms with Gasteiger partial charge >= 0.3 is 5.69 Å². The first kappa shape index (κ1) is 19.8. The highest BCUT2D eigenvalue weighted by atomic mass is 32.2. The van der Waals surface area contributed by atoms with E-state index in [1.807, 2.05) is 0 Å². The van der Waals surface area contributed by atoms with E-state index in [0.29, 0.717) is 0 Å². The van der Waals surface area contributed by atoms with Gasteiger partial charge in [0.05, 0.1) is 37.8 Å². The molecule has 0 saturated carbocycles. The highest BCUT2D eigenvalue weighted by Gasteiger charge is 2.38. The lowest BCUT2D eigenvalue weighted by Crippen LogP contribution is -2.38. The largest absolute Gasteiger partial charge is 0.493 e. The van der Waals surface area contributed by atoms with Crippen LogP contribution < -0.4 is 14.2 Å². The van der Waals surface area contributed by atoms with Crippen molar-refractivity contribution in [3.63, 3.8) is 0 Å². The minimum Gasteiger partial charge on any atom is -0.493 e. The summed E-state index contributed by atoms with van der Waals surface area (Å²) in [6, 6.07) is 0.646. The maximum atomic E-state index is 12.9. The second-order valence-corrected chi connectivity index (χ2v) is 8.00. The zero-order valence-corrected chi connectivity index (χ0v) is 15.7. The van der Waals surface area contributed by atoms with Crippen molar-refractivity contribution < 1.29 is 32.3 Å². The Kier molecular flexibility index (Phi) is 5.59. The topological polar surface area (TPSA) is 125 Å². The maximum Gasteiger partial charge on any atom is 0.327 e. The van der Waals surface area contributed by atoms with E-state index in [2.05, 4.69) is 0 Å². The SMILES string of the molecule is COc1cc(C(=O)N(C)C2CCS(=O)(=O)C2)c([N+](=O)[O-])c(OC)c1OC. The second kappa shape index (κ2) is 7.36. The van der Waals surface area contributed by atoms with Crippen LogP contribution in [-0.4, -0.2) is 70.1 Å². The number of nitro benzene ring substituents is 1. The quantitative estimate of drug-likeness (QED) is 0.519. The van der Waals surface area contributed by atoms with E-state index in [9.17, 15) is 23.3 Å².